The van der Waals surface area contributed by atoms with Gasteiger partial charge in [0.2, 0.25) is 5.91 Å². The van der Waals surface area contributed by atoms with E-state index >= 15 is 0 Å². The quantitative estimate of drug-likeness (QED) is 0.547. The molecule has 0 atom stereocenters. The van der Waals surface area contributed by atoms with Crippen molar-refractivity contribution in [3.63, 3.8) is 0 Å². The third-order valence-corrected chi connectivity index (χ3v) is 5.79. The molecule has 0 aliphatic carbocycles. The molecule has 0 unspecified atom stereocenters. The fraction of sp³-hybridized carbons (Fsp3) is 0.217. The molecule has 2 aromatic carbocycles. The first-order valence-electron chi connectivity index (χ1n) is 10.0. The lowest BCUT2D eigenvalue weighted by molar-refractivity contribution is -0.143. The molecule has 33 heavy (non-hydrogen) atoms. The molecule has 1 fully saturated rings. The molecule has 4 rings (SSSR count). The number of piperazine rings is 1. The first kappa shape index (κ1) is 23.2. The Balaban J connectivity index is 1.92. The smallest absolute Gasteiger partial charge is 0.353 e. The van der Waals surface area contributed by atoms with E-state index in [1.54, 1.807) is 48.5 Å². The molecule has 172 valence electrons. The number of carbonyl (C=O) groups is 2. The number of benzene rings is 2. The fourth-order valence-corrected chi connectivity index (χ4v) is 4.15. The van der Waals surface area contributed by atoms with Crippen LogP contribution in [-0.4, -0.2) is 40.9 Å². The molecule has 1 aromatic heterocycles. The van der Waals surface area contributed by atoms with Crippen LogP contribution in [0.3, 0.4) is 0 Å². The van der Waals surface area contributed by atoms with Crippen LogP contribution in [0.2, 0.25) is 10.0 Å². The number of rotatable bonds is 4. The summed E-state index contributed by atoms with van der Waals surface area (Å²) in [5.41, 5.74) is -0.121. The van der Waals surface area contributed by atoms with Crippen molar-refractivity contribution in [3.8, 4) is 11.1 Å². The van der Waals surface area contributed by atoms with E-state index in [1.807, 2.05) is 0 Å². The van der Waals surface area contributed by atoms with Crippen LogP contribution in [0, 0.1) is 0 Å². The molecule has 2 amide bonds. The molecule has 0 spiro atoms. The van der Waals surface area contributed by atoms with Gasteiger partial charge in [-0.1, -0.05) is 47.5 Å². The van der Waals surface area contributed by atoms with Gasteiger partial charge >= 0.3 is 6.18 Å². The Morgan fingerprint density at radius 1 is 1.03 bits per heavy atom. The predicted molar refractivity (Wildman–Crippen MR) is 119 cm³/mol. The van der Waals surface area contributed by atoms with Crippen LogP contribution in [0.15, 0.2) is 54.6 Å². The van der Waals surface area contributed by atoms with Gasteiger partial charge in [-0.3, -0.25) is 9.59 Å². The third kappa shape index (κ3) is 5.02. The number of hydrogen-bond acceptors (Lipinski definition) is 2. The Labute approximate surface area is 197 Å². The largest absolute Gasteiger partial charge is 0.431 e. The van der Waals surface area contributed by atoms with Gasteiger partial charge in [0.15, 0.2) is 0 Å². The highest BCUT2D eigenvalue weighted by molar-refractivity contribution is 6.30. The van der Waals surface area contributed by atoms with Crippen molar-refractivity contribution in [1.82, 2.24) is 14.8 Å². The predicted octanol–water partition coefficient (Wildman–Crippen LogP) is 5.10. The van der Waals surface area contributed by atoms with E-state index in [2.05, 4.69) is 5.32 Å². The Morgan fingerprint density at radius 3 is 2.39 bits per heavy atom. The highest BCUT2D eigenvalue weighted by Crippen LogP contribution is 2.38. The summed E-state index contributed by atoms with van der Waals surface area (Å²) in [6, 6.07) is 13.6. The minimum absolute atomic E-state index is 0.108. The van der Waals surface area contributed by atoms with Crippen LogP contribution < -0.4 is 5.32 Å². The molecule has 2 heterocycles. The van der Waals surface area contributed by atoms with E-state index in [0.29, 0.717) is 21.2 Å². The molecule has 3 aromatic rings. The SMILES string of the molecule is O=C1CN(C(=O)c2c(-c3ccc(Cl)cc3)cc(C(F)(F)F)n2Cc2cccc(Cl)c2)CCN1. The number of alkyl halides is 3. The number of amides is 2. The van der Waals surface area contributed by atoms with Crippen molar-refractivity contribution in [3.05, 3.63) is 81.6 Å². The van der Waals surface area contributed by atoms with Crippen LogP contribution in [-0.2, 0) is 17.5 Å². The Morgan fingerprint density at radius 2 is 1.76 bits per heavy atom. The normalized spacial score (nSPS) is 14.3. The van der Waals surface area contributed by atoms with E-state index in [4.69, 9.17) is 23.2 Å². The summed E-state index contributed by atoms with van der Waals surface area (Å²) in [5, 5.41) is 3.39. The van der Waals surface area contributed by atoms with Gasteiger partial charge in [0.1, 0.15) is 11.4 Å². The van der Waals surface area contributed by atoms with Crippen molar-refractivity contribution in [2.45, 2.75) is 12.7 Å². The van der Waals surface area contributed by atoms with Crippen LogP contribution in [0.25, 0.3) is 11.1 Å². The molecule has 5 nitrogen and oxygen atoms in total. The first-order chi connectivity index (χ1) is 15.6. The highest BCUT2D eigenvalue weighted by Gasteiger charge is 2.39. The van der Waals surface area contributed by atoms with Crippen molar-refractivity contribution >= 4 is 35.0 Å². The van der Waals surface area contributed by atoms with Gasteiger partial charge < -0.3 is 14.8 Å². The van der Waals surface area contributed by atoms with E-state index in [0.717, 1.165) is 10.6 Å². The summed E-state index contributed by atoms with van der Waals surface area (Å²) >= 11 is 12.0. The van der Waals surface area contributed by atoms with Crippen LogP contribution in [0.5, 0.6) is 0 Å². The lowest BCUT2D eigenvalue weighted by Crippen LogP contribution is -2.50. The lowest BCUT2D eigenvalue weighted by atomic mass is 10.0. The van der Waals surface area contributed by atoms with Gasteiger partial charge in [-0.15, -0.1) is 0 Å². The second-order valence-corrected chi connectivity index (χ2v) is 8.46. The molecule has 0 bridgehead atoms. The van der Waals surface area contributed by atoms with Crippen LogP contribution in [0.4, 0.5) is 13.2 Å². The number of halogens is 5. The van der Waals surface area contributed by atoms with Crippen molar-refractivity contribution in [1.29, 1.82) is 0 Å². The number of nitrogens with zero attached hydrogens (tertiary/aromatic N) is 2. The summed E-state index contributed by atoms with van der Waals surface area (Å²) in [6.45, 7) is -0.0526. The molecule has 1 N–H and O–H groups in total. The van der Waals surface area contributed by atoms with Crippen LogP contribution >= 0.6 is 23.2 Å². The summed E-state index contributed by atoms with van der Waals surface area (Å²) in [6.07, 6.45) is -4.72. The first-order valence-corrected chi connectivity index (χ1v) is 10.8. The van der Waals surface area contributed by atoms with Gasteiger partial charge in [0.05, 0.1) is 6.54 Å². The molecule has 10 heteroatoms. The van der Waals surface area contributed by atoms with Gasteiger partial charge in [0.25, 0.3) is 5.91 Å². The van der Waals surface area contributed by atoms with Gasteiger partial charge in [0, 0.05) is 35.2 Å². The maximum atomic E-state index is 14.1. The summed E-state index contributed by atoms with van der Waals surface area (Å²) in [5.74, 6) is -1.03. The van der Waals surface area contributed by atoms with Gasteiger partial charge in [-0.25, -0.2) is 0 Å². The van der Waals surface area contributed by atoms with Crippen molar-refractivity contribution in [2.24, 2.45) is 0 Å². The summed E-state index contributed by atoms with van der Waals surface area (Å²) < 4.78 is 43.3. The topological polar surface area (TPSA) is 54.3 Å². The van der Waals surface area contributed by atoms with Crippen LogP contribution in [0.1, 0.15) is 21.7 Å². The zero-order chi connectivity index (χ0) is 23.8. The van der Waals surface area contributed by atoms with E-state index in [1.165, 1.54) is 4.90 Å². The van der Waals surface area contributed by atoms with Crippen molar-refractivity contribution < 1.29 is 22.8 Å². The number of hydrogen-bond donors (Lipinski definition) is 1. The minimum Gasteiger partial charge on any atom is -0.353 e. The molecule has 0 radical (unpaired) electrons. The maximum Gasteiger partial charge on any atom is 0.431 e. The molecular formula is C23H18Cl2F3N3O2. The standard InChI is InChI=1S/C23H18Cl2F3N3O2/c24-16-6-4-15(5-7-16)18-11-19(23(26,27)28)31(12-14-2-1-3-17(25)10-14)21(18)22(33)30-9-8-29-20(32)13-30/h1-7,10-11H,8-9,12-13H2,(H,29,32). The average Bonchev–Trinajstić information content (AvgIpc) is 3.13. The fourth-order valence-electron chi connectivity index (χ4n) is 3.81. The molecule has 1 aliphatic heterocycles. The zero-order valence-corrected chi connectivity index (χ0v) is 18.6. The van der Waals surface area contributed by atoms with E-state index in [9.17, 15) is 22.8 Å². The third-order valence-electron chi connectivity index (χ3n) is 5.30. The van der Waals surface area contributed by atoms with E-state index in [-0.39, 0.29) is 43.3 Å². The lowest BCUT2D eigenvalue weighted by Gasteiger charge is -2.28. The highest BCUT2D eigenvalue weighted by atomic mass is 35.5. The Bertz CT molecular complexity index is 1210. The second-order valence-electron chi connectivity index (χ2n) is 7.59. The molecule has 0 saturated carbocycles. The average molecular weight is 496 g/mol. The number of nitrogens with one attached hydrogen (secondary N) is 1. The monoisotopic (exact) mass is 495 g/mol. The second kappa shape index (κ2) is 9.11. The molecular weight excluding hydrogens is 478 g/mol. The molecule has 1 aliphatic rings. The number of aromatic nitrogens is 1. The van der Waals surface area contributed by atoms with E-state index < -0.39 is 17.8 Å². The van der Waals surface area contributed by atoms with Gasteiger partial charge in [-0.05, 0) is 41.5 Å². The summed E-state index contributed by atoms with van der Waals surface area (Å²) in [7, 11) is 0. The van der Waals surface area contributed by atoms with Crippen molar-refractivity contribution in [2.75, 3.05) is 19.6 Å². The molecule has 1 saturated heterocycles. The zero-order valence-electron chi connectivity index (χ0n) is 17.1. The van der Waals surface area contributed by atoms with Gasteiger partial charge in [-0.2, -0.15) is 13.2 Å². The Kier molecular flexibility index (Phi) is 6.41. The minimum atomic E-state index is -4.72. The Hall–Kier alpha value is -2.97. The maximum absolute atomic E-state index is 14.1. The number of carbonyl (C=O) groups excluding carboxylic acids is 2. The summed E-state index contributed by atoms with van der Waals surface area (Å²) in [4.78, 5) is 26.6.